The van der Waals surface area contributed by atoms with Gasteiger partial charge in [-0.15, -0.1) is 0 Å². The fraction of sp³-hybridized carbons (Fsp3) is 0.250. The molecule has 0 fully saturated rings. The second kappa shape index (κ2) is 7.18. The molecule has 0 aliphatic carbocycles. The van der Waals surface area contributed by atoms with Gasteiger partial charge in [-0.25, -0.2) is 0 Å². The highest BCUT2D eigenvalue weighted by molar-refractivity contribution is 6.31. The Morgan fingerprint density at radius 2 is 1.96 bits per heavy atom. The third kappa shape index (κ3) is 4.54. The number of halogens is 4. The first-order chi connectivity index (χ1) is 11.6. The zero-order valence-corrected chi connectivity index (χ0v) is 14.0. The summed E-state index contributed by atoms with van der Waals surface area (Å²) in [6.07, 6.45) is -3.29. The van der Waals surface area contributed by atoms with Gasteiger partial charge in [0.05, 0.1) is 23.4 Å². The first-order valence-electron chi connectivity index (χ1n) is 7.05. The standard InChI is InChI=1S/C16H14ClF3N2O3/c1-9-5-6-25-14(9)15(24)22(2)8-13(23)21-10-3-4-12(17)11(7-10)16(18,19)20/h3-7H,8H2,1-2H3,(H,21,23). The van der Waals surface area contributed by atoms with E-state index in [0.29, 0.717) is 5.56 Å². The average Bonchev–Trinajstić information content (AvgIpc) is 2.93. The van der Waals surface area contributed by atoms with Crippen molar-refractivity contribution in [2.75, 3.05) is 18.9 Å². The van der Waals surface area contributed by atoms with E-state index in [-0.39, 0.29) is 18.0 Å². The highest BCUT2D eigenvalue weighted by atomic mass is 35.5. The molecule has 1 heterocycles. The zero-order valence-electron chi connectivity index (χ0n) is 13.3. The number of carbonyl (C=O) groups is 2. The van der Waals surface area contributed by atoms with Crippen LogP contribution in [-0.4, -0.2) is 30.3 Å². The van der Waals surface area contributed by atoms with Gasteiger partial charge in [-0.1, -0.05) is 11.6 Å². The lowest BCUT2D eigenvalue weighted by molar-refractivity contribution is -0.137. The highest BCUT2D eigenvalue weighted by Crippen LogP contribution is 2.36. The lowest BCUT2D eigenvalue weighted by Gasteiger charge is -2.16. The number of alkyl halides is 3. The van der Waals surface area contributed by atoms with Gasteiger partial charge < -0.3 is 14.6 Å². The number of hydrogen-bond acceptors (Lipinski definition) is 3. The summed E-state index contributed by atoms with van der Waals surface area (Å²) in [4.78, 5) is 25.2. The number of amides is 2. The zero-order chi connectivity index (χ0) is 18.8. The number of likely N-dealkylation sites (N-methyl/N-ethyl adjacent to an activating group) is 1. The minimum atomic E-state index is -4.64. The molecule has 0 spiro atoms. The van der Waals surface area contributed by atoms with Crippen molar-refractivity contribution in [3.8, 4) is 0 Å². The molecule has 1 aromatic carbocycles. The molecule has 5 nitrogen and oxygen atoms in total. The van der Waals surface area contributed by atoms with Crippen molar-refractivity contribution in [1.82, 2.24) is 4.90 Å². The van der Waals surface area contributed by atoms with Gasteiger partial charge >= 0.3 is 6.18 Å². The molecule has 134 valence electrons. The number of nitrogens with one attached hydrogen (secondary N) is 1. The van der Waals surface area contributed by atoms with E-state index in [2.05, 4.69) is 5.32 Å². The summed E-state index contributed by atoms with van der Waals surface area (Å²) in [7, 11) is 1.38. The molecule has 9 heteroatoms. The van der Waals surface area contributed by atoms with Crippen molar-refractivity contribution in [1.29, 1.82) is 0 Å². The molecule has 0 radical (unpaired) electrons. The van der Waals surface area contributed by atoms with Crippen molar-refractivity contribution in [3.05, 3.63) is 52.4 Å². The number of aryl methyl sites for hydroxylation is 1. The van der Waals surface area contributed by atoms with Gasteiger partial charge in [0.2, 0.25) is 5.91 Å². The molecule has 1 aromatic heterocycles. The van der Waals surface area contributed by atoms with Crippen LogP contribution in [0.15, 0.2) is 34.9 Å². The molecular weight excluding hydrogens is 361 g/mol. The first-order valence-corrected chi connectivity index (χ1v) is 7.43. The Bertz CT molecular complexity index is 802. The van der Waals surface area contributed by atoms with Crippen LogP contribution < -0.4 is 5.32 Å². The lowest BCUT2D eigenvalue weighted by Crippen LogP contribution is -2.35. The van der Waals surface area contributed by atoms with Crippen molar-refractivity contribution in [3.63, 3.8) is 0 Å². The summed E-state index contributed by atoms with van der Waals surface area (Å²) in [5, 5.41) is 1.84. The second-order valence-electron chi connectivity index (χ2n) is 5.33. The maximum atomic E-state index is 12.8. The quantitative estimate of drug-likeness (QED) is 0.880. The van der Waals surface area contributed by atoms with Gasteiger partial charge in [0.15, 0.2) is 5.76 Å². The maximum Gasteiger partial charge on any atom is 0.417 e. The summed E-state index contributed by atoms with van der Waals surface area (Å²) in [5.74, 6) is -1.07. The van der Waals surface area contributed by atoms with Crippen molar-refractivity contribution in [2.24, 2.45) is 0 Å². The first kappa shape index (κ1) is 18.9. The van der Waals surface area contributed by atoms with Gasteiger partial charge in [0, 0.05) is 18.3 Å². The highest BCUT2D eigenvalue weighted by Gasteiger charge is 2.33. The molecule has 0 bridgehead atoms. The minimum absolute atomic E-state index is 0.0725. The Morgan fingerprint density at radius 3 is 2.52 bits per heavy atom. The number of benzene rings is 1. The lowest BCUT2D eigenvalue weighted by atomic mass is 10.2. The molecule has 0 unspecified atom stereocenters. The Kier molecular flexibility index (Phi) is 5.42. The summed E-state index contributed by atoms with van der Waals surface area (Å²) in [6.45, 7) is 1.32. The van der Waals surface area contributed by atoms with E-state index in [0.717, 1.165) is 17.0 Å². The van der Waals surface area contributed by atoms with E-state index < -0.39 is 28.6 Å². The molecule has 2 amide bonds. The number of hydrogen-bond donors (Lipinski definition) is 1. The molecular formula is C16H14ClF3N2O3. The van der Waals surface area contributed by atoms with E-state index in [1.165, 1.54) is 19.4 Å². The van der Waals surface area contributed by atoms with Crippen molar-refractivity contribution in [2.45, 2.75) is 13.1 Å². The fourth-order valence-electron chi connectivity index (χ4n) is 2.07. The van der Waals surface area contributed by atoms with E-state index in [9.17, 15) is 22.8 Å². The predicted molar refractivity (Wildman–Crippen MR) is 85.5 cm³/mol. The van der Waals surface area contributed by atoms with Gasteiger partial charge in [-0.3, -0.25) is 9.59 Å². The number of anilines is 1. The van der Waals surface area contributed by atoms with Gasteiger partial charge in [-0.05, 0) is 31.2 Å². The van der Waals surface area contributed by atoms with E-state index in [1.807, 2.05) is 0 Å². The van der Waals surface area contributed by atoms with E-state index in [4.69, 9.17) is 16.0 Å². The molecule has 0 saturated heterocycles. The molecule has 2 rings (SSSR count). The smallest absolute Gasteiger partial charge is 0.417 e. The summed E-state index contributed by atoms with van der Waals surface area (Å²) in [6, 6.07) is 4.63. The van der Waals surface area contributed by atoms with Crippen LogP contribution in [0.25, 0.3) is 0 Å². The van der Waals surface area contributed by atoms with Gasteiger partial charge in [-0.2, -0.15) is 13.2 Å². The fourth-order valence-corrected chi connectivity index (χ4v) is 2.30. The van der Waals surface area contributed by atoms with Crippen molar-refractivity contribution >= 4 is 29.1 Å². The van der Waals surface area contributed by atoms with Gasteiger partial charge in [0.25, 0.3) is 5.91 Å². The van der Waals surface area contributed by atoms with Crippen LogP contribution in [0.2, 0.25) is 5.02 Å². The van der Waals surface area contributed by atoms with E-state index in [1.54, 1.807) is 13.0 Å². The van der Waals surface area contributed by atoms with Crippen LogP contribution in [0.1, 0.15) is 21.7 Å². The molecule has 0 atom stereocenters. The molecule has 0 saturated carbocycles. The van der Waals surface area contributed by atoms with Crippen LogP contribution in [0.5, 0.6) is 0 Å². The topological polar surface area (TPSA) is 62.6 Å². The average molecular weight is 375 g/mol. The van der Waals surface area contributed by atoms with Crippen molar-refractivity contribution < 1.29 is 27.2 Å². The normalized spacial score (nSPS) is 11.3. The second-order valence-corrected chi connectivity index (χ2v) is 5.74. The Hall–Kier alpha value is -2.48. The largest absolute Gasteiger partial charge is 0.459 e. The summed E-state index contributed by atoms with van der Waals surface area (Å²) >= 11 is 5.52. The number of carbonyl (C=O) groups excluding carboxylic acids is 2. The van der Waals surface area contributed by atoms with Crippen LogP contribution >= 0.6 is 11.6 Å². The summed E-state index contributed by atoms with van der Waals surface area (Å²) < 4.78 is 43.5. The van der Waals surface area contributed by atoms with Crippen LogP contribution in [0.3, 0.4) is 0 Å². The van der Waals surface area contributed by atoms with E-state index >= 15 is 0 Å². The third-order valence-electron chi connectivity index (χ3n) is 3.34. The molecule has 2 aromatic rings. The molecule has 0 aliphatic rings. The molecule has 25 heavy (non-hydrogen) atoms. The number of nitrogens with zero attached hydrogens (tertiary/aromatic N) is 1. The molecule has 1 N–H and O–H groups in total. The number of furan rings is 1. The molecule has 0 aliphatic heterocycles. The summed E-state index contributed by atoms with van der Waals surface area (Å²) in [5.41, 5.74) is -0.510. The van der Waals surface area contributed by atoms with Gasteiger partial charge in [0.1, 0.15) is 0 Å². The predicted octanol–water partition coefficient (Wildman–Crippen LogP) is 3.97. The van der Waals surface area contributed by atoms with Crippen LogP contribution in [0.4, 0.5) is 18.9 Å². The number of rotatable bonds is 4. The Morgan fingerprint density at radius 1 is 1.28 bits per heavy atom. The Labute approximate surface area is 146 Å². The third-order valence-corrected chi connectivity index (χ3v) is 3.67. The SMILES string of the molecule is Cc1ccoc1C(=O)N(C)CC(=O)Nc1ccc(Cl)c(C(F)(F)F)c1. The monoisotopic (exact) mass is 374 g/mol. The Balaban J connectivity index is 2.05. The van der Waals surface area contributed by atoms with Crippen LogP contribution in [-0.2, 0) is 11.0 Å². The maximum absolute atomic E-state index is 12.8. The van der Waals surface area contributed by atoms with Crippen LogP contribution in [0, 0.1) is 6.92 Å². The minimum Gasteiger partial charge on any atom is -0.459 e.